The van der Waals surface area contributed by atoms with Gasteiger partial charge in [0.15, 0.2) is 23.0 Å². The number of hydrogen-bond donors (Lipinski definition) is 7. The number of methoxy groups -OCH3 is 2. The quantitative estimate of drug-likeness (QED) is 0.110. The molecule has 1 aliphatic heterocycles. The summed E-state index contributed by atoms with van der Waals surface area (Å²) in [6, 6.07) is 6.92. The highest BCUT2D eigenvalue weighted by Gasteiger charge is 2.32. The highest BCUT2D eigenvalue weighted by atomic mass is 33.1. The van der Waals surface area contributed by atoms with E-state index in [4.69, 9.17) is 18.9 Å². The minimum Gasteiger partial charge on any atom is -0.504 e. The maximum Gasteiger partial charge on any atom is 0.200 e. The van der Waals surface area contributed by atoms with Gasteiger partial charge in [-0.25, -0.2) is 0 Å². The predicted octanol–water partition coefficient (Wildman–Crippen LogP) is 4.88. The minimum atomic E-state index is -1.000. The van der Waals surface area contributed by atoms with Crippen LogP contribution in [-0.4, -0.2) is 100 Å². The number of rotatable bonds is 13. The Hall–Kier alpha value is -2.10. The Bertz CT molecular complexity index is 1270. The normalized spacial score (nSPS) is 26.9. The van der Waals surface area contributed by atoms with Crippen LogP contribution < -0.4 is 14.2 Å². The van der Waals surface area contributed by atoms with Gasteiger partial charge in [-0.05, 0) is 111 Å². The number of phenolic OH excluding ortho intramolecular Hbond substituents is 2. The highest BCUT2D eigenvalue weighted by Crippen LogP contribution is 2.47. The number of aliphatic hydroxyl groups excluding tert-OH is 5. The number of ether oxygens (including phenoxy) is 4. The Balaban J connectivity index is 1.61. The van der Waals surface area contributed by atoms with Gasteiger partial charge in [-0.1, -0.05) is 28.0 Å². The van der Waals surface area contributed by atoms with Gasteiger partial charge in [0, 0.05) is 30.1 Å². The van der Waals surface area contributed by atoms with Crippen LogP contribution in [0.3, 0.4) is 0 Å². The van der Waals surface area contributed by atoms with Gasteiger partial charge in [0.1, 0.15) is 6.79 Å². The van der Waals surface area contributed by atoms with Crippen LogP contribution in [0.2, 0.25) is 0 Å². The molecule has 4 rings (SSSR count). The molecule has 2 aromatic rings. The van der Waals surface area contributed by atoms with Crippen molar-refractivity contribution in [1.29, 1.82) is 0 Å². The van der Waals surface area contributed by atoms with E-state index < -0.39 is 31.0 Å². The van der Waals surface area contributed by atoms with Gasteiger partial charge < -0.3 is 54.7 Å². The molecule has 0 amide bonds. The minimum absolute atomic E-state index is 0.0347. The Morgan fingerprint density at radius 3 is 2.24 bits per heavy atom. The van der Waals surface area contributed by atoms with E-state index in [0.717, 1.165) is 49.7 Å². The van der Waals surface area contributed by atoms with Crippen molar-refractivity contribution in [3.8, 4) is 28.7 Å². The highest BCUT2D eigenvalue weighted by molar-refractivity contribution is 8.76. The van der Waals surface area contributed by atoms with Crippen molar-refractivity contribution in [3.05, 3.63) is 41.0 Å². The molecule has 2 aromatic carbocycles. The maximum atomic E-state index is 11.6. The number of aromatic hydroxyl groups is 2. The summed E-state index contributed by atoms with van der Waals surface area (Å²) in [7, 11) is 5.82. The molecule has 0 spiro atoms. The summed E-state index contributed by atoms with van der Waals surface area (Å²) >= 11 is 0. The second-order valence-electron chi connectivity index (χ2n) is 13.1. The molecule has 0 radical (unpaired) electrons. The molecule has 2 aliphatic rings. The molecular formula is C36H54O11S2. The topological polar surface area (TPSA) is 179 Å². The van der Waals surface area contributed by atoms with Crippen LogP contribution in [0.15, 0.2) is 24.3 Å². The van der Waals surface area contributed by atoms with E-state index in [1.54, 1.807) is 18.2 Å². The van der Waals surface area contributed by atoms with Crippen LogP contribution in [0.5, 0.6) is 28.7 Å². The summed E-state index contributed by atoms with van der Waals surface area (Å²) in [5.74, 6) is 0.863. The molecule has 1 aliphatic carbocycles. The third kappa shape index (κ3) is 11.2. The number of phenols is 2. The molecule has 0 bridgehead atoms. The second kappa shape index (κ2) is 20.1. The lowest BCUT2D eigenvalue weighted by atomic mass is 9.84. The summed E-state index contributed by atoms with van der Waals surface area (Å²) in [5, 5.41) is 73.5. The molecule has 276 valence electrons. The smallest absolute Gasteiger partial charge is 0.200 e. The fourth-order valence-electron chi connectivity index (χ4n) is 7.10. The number of aryl methyl sites for hydroxylation is 1. The predicted molar refractivity (Wildman–Crippen MR) is 191 cm³/mol. The largest absolute Gasteiger partial charge is 0.504 e. The monoisotopic (exact) mass is 726 g/mol. The summed E-state index contributed by atoms with van der Waals surface area (Å²) in [6.07, 6.45) is 4.86. The molecule has 0 unspecified atom stereocenters. The first-order chi connectivity index (χ1) is 23.7. The molecule has 0 saturated heterocycles. The Morgan fingerprint density at radius 2 is 1.57 bits per heavy atom. The van der Waals surface area contributed by atoms with Gasteiger partial charge in [0.2, 0.25) is 5.75 Å². The first-order valence-electron chi connectivity index (χ1n) is 17.3. The number of hydrogen-bond acceptors (Lipinski definition) is 13. The van der Waals surface area contributed by atoms with Crippen LogP contribution in [0, 0.1) is 11.8 Å². The summed E-state index contributed by atoms with van der Waals surface area (Å²) in [5.41, 5.74) is 2.48. The van der Waals surface area contributed by atoms with E-state index in [9.17, 15) is 35.7 Å². The molecule has 49 heavy (non-hydrogen) atoms. The summed E-state index contributed by atoms with van der Waals surface area (Å²) < 4.78 is 22.8. The van der Waals surface area contributed by atoms with Crippen LogP contribution in [-0.2, 0) is 17.6 Å². The van der Waals surface area contributed by atoms with Gasteiger partial charge in [-0.15, -0.1) is 0 Å². The van der Waals surface area contributed by atoms with Crippen molar-refractivity contribution < 1.29 is 54.7 Å². The third-order valence-corrected chi connectivity index (χ3v) is 12.6. The summed E-state index contributed by atoms with van der Waals surface area (Å²) in [6.45, 7) is -0.427. The molecule has 7 atom stereocenters. The SMILES string of the molecule is COc1cc(C[C@@H]2[C@H](O)C[C@@H](OCO)CCc3cc(O[C@@H]4CCC[C@@H](CCCO)C4)c(O)cc3[C@H](CCO)SSC[C@@H]2O)cc(OC)c1O. The van der Waals surface area contributed by atoms with Gasteiger partial charge >= 0.3 is 0 Å². The third-order valence-electron chi connectivity index (χ3n) is 9.73. The fraction of sp³-hybridized carbons (Fsp3) is 0.667. The Kier molecular flexibility index (Phi) is 16.3. The van der Waals surface area contributed by atoms with Crippen LogP contribution >= 0.6 is 21.6 Å². The van der Waals surface area contributed by atoms with Crippen LogP contribution in [0.1, 0.15) is 79.7 Å². The van der Waals surface area contributed by atoms with Crippen LogP contribution in [0.25, 0.3) is 0 Å². The van der Waals surface area contributed by atoms with E-state index in [2.05, 4.69) is 0 Å². The van der Waals surface area contributed by atoms with Crippen molar-refractivity contribution in [2.24, 2.45) is 11.8 Å². The average molecular weight is 727 g/mol. The Labute approximate surface area is 297 Å². The van der Waals surface area contributed by atoms with Crippen LogP contribution in [0.4, 0.5) is 0 Å². The van der Waals surface area contributed by atoms with Gasteiger partial charge in [0.25, 0.3) is 0 Å². The average Bonchev–Trinajstić information content (AvgIpc) is 3.10. The molecule has 11 nitrogen and oxygen atoms in total. The molecule has 13 heteroatoms. The van der Waals surface area contributed by atoms with E-state index >= 15 is 0 Å². The van der Waals surface area contributed by atoms with Gasteiger partial charge in [-0.2, -0.15) is 0 Å². The number of benzene rings is 2. The van der Waals surface area contributed by atoms with E-state index in [-0.39, 0.29) is 66.2 Å². The van der Waals surface area contributed by atoms with Crippen molar-refractivity contribution in [3.63, 3.8) is 0 Å². The maximum absolute atomic E-state index is 11.6. The molecule has 7 N–H and O–H groups in total. The zero-order chi connectivity index (χ0) is 35.3. The zero-order valence-corrected chi connectivity index (χ0v) is 30.2. The number of aliphatic hydroxyl groups is 5. The van der Waals surface area contributed by atoms with Gasteiger partial charge in [0.05, 0.1) is 38.6 Å². The van der Waals surface area contributed by atoms with E-state index in [1.165, 1.54) is 35.8 Å². The number of fused-ring (bicyclic) bond motifs is 1. The van der Waals surface area contributed by atoms with Gasteiger partial charge in [-0.3, -0.25) is 0 Å². The molecule has 1 fully saturated rings. The van der Waals surface area contributed by atoms with Crippen molar-refractivity contribution >= 4 is 21.6 Å². The standard InChI is InChI=1S/C36H54O11S2/c1-44-33-15-23(16-34(45-2)36(33)43)14-28-29(40)18-25(46-21-39)9-8-24-17-32(47-26-7-3-5-22(13-26)6-4-11-37)30(41)19-27(24)35(10-12-38)49-48-20-31(28)42/h15-17,19,22,25-26,28-29,31,35,37-43H,3-14,18,20-21H2,1-2H3/t22-,25-,26+,28+,29+,31-,35-/m0/s1. The molecule has 1 saturated carbocycles. The first-order valence-corrected chi connectivity index (χ1v) is 19.6. The lowest BCUT2D eigenvalue weighted by Gasteiger charge is -2.30. The van der Waals surface area contributed by atoms with E-state index in [0.29, 0.717) is 36.5 Å². The lowest BCUT2D eigenvalue weighted by molar-refractivity contribution is -0.0808. The molecular weight excluding hydrogens is 673 g/mol. The summed E-state index contributed by atoms with van der Waals surface area (Å²) in [4.78, 5) is 0. The van der Waals surface area contributed by atoms with Crippen molar-refractivity contribution in [2.75, 3.05) is 40.0 Å². The Morgan fingerprint density at radius 1 is 0.816 bits per heavy atom. The lowest BCUT2D eigenvalue weighted by Crippen LogP contribution is -2.38. The fourth-order valence-corrected chi connectivity index (χ4v) is 10.00. The second-order valence-corrected chi connectivity index (χ2v) is 15.7. The molecule has 1 heterocycles. The first kappa shape index (κ1) is 39.7. The zero-order valence-electron chi connectivity index (χ0n) is 28.5. The van der Waals surface area contributed by atoms with E-state index in [1.807, 2.05) is 6.07 Å². The molecule has 0 aromatic heterocycles. The van der Waals surface area contributed by atoms with Crippen molar-refractivity contribution in [1.82, 2.24) is 0 Å². The van der Waals surface area contributed by atoms with Crippen molar-refractivity contribution in [2.45, 2.75) is 100 Å².